The number of hydrogen-bond acceptors (Lipinski definition) is 2. The Labute approximate surface area is 231 Å². The van der Waals surface area contributed by atoms with E-state index >= 15 is 0 Å². The van der Waals surface area contributed by atoms with Gasteiger partial charge in [0, 0.05) is 31.4 Å². The van der Waals surface area contributed by atoms with Crippen molar-refractivity contribution in [2.24, 2.45) is 0 Å². The molecule has 0 aliphatic rings. The predicted octanol–water partition coefficient (Wildman–Crippen LogP) is 8.77. The van der Waals surface area contributed by atoms with Gasteiger partial charge in [-0.1, -0.05) is 114 Å². The molecule has 0 aliphatic heterocycles. The Morgan fingerprint density at radius 3 is 2.08 bits per heavy atom. The first-order chi connectivity index (χ1) is 18.7. The summed E-state index contributed by atoms with van der Waals surface area (Å²) in [5.41, 5.74) is 3.51. The molecule has 0 N–H and O–H groups in total. The number of aromatic nitrogens is 1. The lowest BCUT2D eigenvalue weighted by atomic mass is 10.0. The maximum absolute atomic E-state index is 13.4. The molecule has 4 nitrogen and oxygen atoms in total. The van der Waals surface area contributed by atoms with Gasteiger partial charge in [-0.05, 0) is 41.8 Å². The van der Waals surface area contributed by atoms with E-state index in [-0.39, 0.29) is 5.91 Å². The van der Waals surface area contributed by atoms with Crippen molar-refractivity contribution in [3.8, 4) is 5.75 Å². The van der Waals surface area contributed by atoms with E-state index in [1.54, 1.807) is 7.11 Å². The van der Waals surface area contributed by atoms with Crippen LogP contribution in [0.3, 0.4) is 0 Å². The van der Waals surface area contributed by atoms with E-state index in [4.69, 9.17) is 4.74 Å². The second-order valence-electron chi connectivity index (χ2n) is 10.5. The van der Waals surface area contributed by atoms with Crippen LogP contribution in [-0.2, 0) is 24.4 Å². The molecule has 38 heavy (non-hydrogen) atoms. The molecule has 0 bridgehead atoms. The van der Waals surface area contributed by atoms with Gasteiger partial charge in [0.25, 0.3) is 0 Å². The summed E-state index contributed by atoms with van der Waals surface area (Å²) in [6.45, 7) is 4.28. The molecule has 1 aromatic heterocycles. The second-order valence-corrected chi connectivity index (χ2v) is 10.5. The summed E-state index contributed by atoms with van der Waals surface area (Å²) in [6, 6.07) is 22.7. The highest BCUT2D eigenvalue weighted by atomic mass is 16.5. The van der Waals surface area contributed by atoms with Gasteiger partial charge in [0.15, 0.2) is 0 Å². The highest BCUT2D eigenvalue weighted by Gasteiger charge is 2.16. The van der Waals surface area contributed by atoms with Crippen LogP contribution in [0.5, 0.6) is 5.75 Å². The summed E-state index contributed by atoms with van der Waals surface area (Å²) in [7, 11) is 1.70. The van der Waals surface area contributed by atoms with E-state index in [2.05, 4.69) is 54.1 Å². The molecule has 0 atom stereocenters. The number of carbonyl (C=O) groups is 1. The average Bonchev–Trinajstić information content (AvgIpc) is 3.38. The molecule has 3 aromatic rings. The molecule has 0 fully saturated rings. The Hall–Kier alpha value is -3.01. The van der Waals surface area contributed by atoms with Crippen LogP contribution in [0.15, 0.2) is 72.9 Å². The number of benzene rings is 2. The molecule has 0 aliphatic carbocycles. The summed E-state index contributed by atoms with van der Waals surface area (Å²) >= 11 is 0. The molecule has 0 spiro atoms. The quantitative estimate of drug-likeness (QED) is 0.149. The van der Waals surface area contributed by atoms with Crippen LogP contribution in [0.25, 0.3) is 0 Å². The molecule has 0 unspecified atom stereocenters. The van der Waals surface area contributed by atoms with E-state index in [0.717, 1.165) is 30.8 Å². The normalized spacial score (nSPS) is 11.0. The van der Waals surface area contributed by atoms with E-state index < -0.39 is 0 Å². The Balaban J connectivity index is 1.50. The smallest absolute Gasteiger partial charge is 0.223 e. The van der Waals surface area contributed by atoms with Crippen LogP contribution in [0.1, 0.15) is 101 Å². The van der Waals surface area contributed by atoms with Gasteiger partial charge < -0.3 is 14.2 Å². The summed E-state index contributed by atoms with van der Waals surface area (Å²) in [4.78, 5) is 15.4. The number of rotatable bonds is 19. The van der Waals surface area contributed by atoms with Gasteiger partial charge in [0.05, 0.1) is 13.7 Å². The van der Waals surface area contributed by atoms with Crippen LogP contribution in [0, 0.1) is 0 Å². The molecular weight excluding hydrogens is 468 g/mol. The van der Waals surface area contributed by atoms with E-state index in [1.165, 1.54) is 68.9 Å². The first-order valence-corrected chi connectivity index (χ1v) is 14.8. The van der Waals surface area contributed by atoms with Crippen molar-refractivity contribution in [2.75, 3.05) is 7.11 Å². The Morgan fingerprint density at radius 2 is 1.39 bits per heavy atom. The number of carbonyl (C=O) groups excluding carboxylic acids is 1. The zero-order valence-corrected chi connectivity index (χ0v) is 23.7. The van der Waals surface area contributed by atoms with Crippen molar-refractivity contribution in [3.05, 3.63) is 89.7 Å². The second kappa shape index (κ2) is 17.5. The van der Waals surface area contributed by atoms with Crippen molar-refractivity contribution in [2.45, 2.75) is 104 Å². The zero-order valence-electron chi connectivity index (χ0n) is 23.7. The van der Waals surface area contributed by atoms with Crippen LogP contribution >= 0.6 is 0 Å². The number of hydrogen-bond donors (Lipinski definition) is 0. The highest BCUT2D eigenvalue weighted by molar-refractivity contribution is 5.76. The molecular formula is C34H48N2O2. The van der Waals surface area contributed by atoms with Crippen molar-refractivity contribution in [1.82, 2.24) is 9.47 Å². The third kappa shape index (κ3) is 10.8. The Bertz CT molecular complexity index is 1040. The first kappa shape index (κ1) is 29.5. The maximum atomic E-state index is 13.4. The minimum atomic E-state index is 0.249. The van der Waals surface area contributed by atoms with Crippen molar-refractivity contribution in [1.29, 1.82) is 0 Å². The molecule has 3 rings (SSSR count). The van der Waals surface area contributed by atoms with Gasteiger partial charge >= 0.3 is 0 Å². The third-order valence-electron chi connectivity index (χ3n) is 7.33. The summed E-state index contributed by atoms with van der Waals surface area (Å²) in [6.07, 6.45) is 17.0. The van der Waals surface area contributed by atoms with Crippen molar-refractivity contribution < 1.29 is 9.53 Å². The summed E-state index contributed by atoms with van der Waals surface area (Å²) < 4.78 is 7.63. The molecule has 0 saturated carbocycles. The van der Waals surface area contributed by atoms with Gasteiger partial charge in [0.1, 0.15) is 5.75 Å². The highest BCUT2D eigenvalue weighted by Crippen LogP contribution is 2.18. The minimum absolute atomic E-state index is 0.249. The van der Waals surface area contributed by atoms with Crippen LogP contribution in [-0.4, -0.2) is 22.5 Å². The van der Waals surface area contributed by atoms with Crippen LogP contribution in [0.4, 0.5) is 0 Å². The summed E-state index contributed by atoms with van der Waals surface area (Å²) in [5, 5.41) is 0. The van der Waals surface area contributed by atoms with Gasteiger partial charge in [-0.15, -0.1) is 0 Å². The average molecular weight is 517 g/mol. The minimum Gasteiger partial charge on any atom is -0.497 e. The number of nitrogens with zero attached hydrogens (tertiary/aromatic N) is 2. The summed E-state index contributed by atoms with van der Waals surface area (Å²) in [5.74, 6) is 1.11. The lowest BCUT2D eigenvalue weighted by Crippen LogP contribution is -2.30. The Morgan fingerprint density at radius 1 is 0.737 bits per heavy atom. The monoisotopic (exact) mass is 516 g/mol. The topological polar surface area (TPSA) is 34.5 Å². The van der Waals surface area contributed by atoms with Crippen LogP contribution < -0.4 is 4.74 Å². The van der Waals surface area contributed by atoms with Crippen molar-refractivity contribution >= 4 is 5.91 Å². The predicted molar refractivity (Wildman–Crippen MR) is 158 cm³/mol. The van der Waals surface area contributed by atoms with Crippen LogP contribution in [0.2, 0.25) is 0 Å². The molecule has 2 aromatic carbocycles. The maximum Gasteiger partial charge on any atom is 0.223 e. The largest absolute Gasteiger partial charge is 0.497 e. The van der Waals surface area contributed by atoms with Gasteiger partial charge in [-0.3, -0.25) is 4.79 Å². The molecule has 4 heteroatoms. The molecule has 206 valence electrons. The van der Waals surface area contributed by atoms with Gasteiger partial charge in [0.2, 0.25) is 5.91 Å². The first-order valence-electron chi connectivity index (χ1n) is 14.8. The van der Waals surface area contributed by atoms with Gasteiger partial charge in [-0.25, -0.2) is 0 Å². The zero-order chi connectivity index (χ0) is 26.8. The molecule has 1 amide bonds. The standard InChI is InChI=1S/C34H48N2O2/c1-3-4-5-6-7-8-9-10-11-12-16-24-34(37)36(27-30-19-14-13-15-20-30)29-32-22-18-25-35(32)28-31-21-17-23-33(26-31)38-2/h13-15,17-23,25-26H,3-12,16,24,27-29H2,1-2H3. The molecule has 0 saturated heterocycles. The van der Waals surface area contributed by atoms with E-state index in [9.17, 15) is 4.79 Å². The van der Waals surface area contributed by atoms with E-state index in [0.29, 0.717) is 19.5 Å². The molecule has 0 radical (unpaired) electrons. The fourth-order valence-electron chi connectivity index (χ4n) is 5.04. The fourth-order valence-corrected chi connectivity index (χ4v) is 5.04. The SMILES string of the molecule is CCCCCCCCCCCCCC(=O)N(Cc1ccccc1)Cc1cccn1Cc1cccc(OC)c1. The Kier molecular flexibility index (Phi) is 13.6. The number of amides is 1. The number of unbranched alkanes of at least 4 members (excludes halogenated alkanes) is 10. The van der Waals surface area contributed by atoms with Gasteiger partial charge in [-0.2, -0.15) is 0 Å². The number of ether oxygens (including phenoxy) is 1. The molecule has 1 heterocycles. The third-order valence-corrected chi connectivity index (χ3v) is 7.33. The lowest BCUT2D eigenvalue weighted by Gasteiger charge is -2.24. The fraction of sp³-hybridized carbons (Fsp3) is 0.500. The van der Waals surface area contributed by atoms with E-state index in [1.807, 2.05) is 35.2 Å². The lowest BCUT2D eigenvalue weighted by molar-refractivity contribution is -0.132. The van der Waals surface area contributed by atoms with Crippen molar-refractivity contribution in [3.63, 3.8) is 0 Å². The number of methoxy groups -OCH3 is 1.